The number of sulfonamides is 1. The van der Waals surface area contributed by atoms with Crippen LogP contribution >= 0.6 is 11.3 Å². The maximum atomic E-state index is 12.4. The van der Waals surface area contributed by atoms with Crippen LogP contribution in [-0.2, 0) is 10.0 Å². The van der Waals surface area contributed by atoms with Crippen LogP contribution in [0.1, 0.15) is 42.5 Å². The second kappa shape index (κ2) is 6.24. The van der Waals surface area contributed by atoms with Crippen molar-refractivity contribution < 1.29 is 18.3 Å². The predicted molar refractivity (Wildman–Crippen MR) is 77.7 cm³/mol. The Labute approximate surface area is 123 Å². The van der Waals surface area contributed by atoms with Crippen molar-refractivity contribution in [2.24, 2.45) is 5.92 Å². The summed E-state index contributed by atoms with van der Waals surface area (Å²) in [6.45, 7) is 0.517. The Kier molecular flexibility index (Phi) is 4.82. The van der Waals surface area contributed by atoms with E-state index in [9.17, 15) is 13.2 Å². The van der Waals surface area contributed by atoms with E-state index >= 15 is 0 Å². The van der Waals surface area contributed by atoms with Crippen molar-refractivity contribution in [3.05, 3.63) is 17.0 Å². The molecule has 0 radical (unpaired) electrons. The first-order valence-electron chi connectivity index (χ1n) is 6.69. The number of carboxylic acids is 1. The molecule has 1 aliphatic rings. The summed E-state index contributed by atoms with van der Waals surface area (Å²) in [6, 6.07) is 1.24. The van der Waals surface area contributed by atoms with Crippen molar-refractivity contribution >= 4 is 27.3 Å². The van der Waals surface area contributed by atoms with E-state index in [4.69, 9.17) is 5.11 Å². The lowest BCUT2D eigenvalue weighted by Gasteiger charge is -2.26. The smallest absolute Gasteiger partial charge is 0.336 e. The largest absolute Gasteiger partial charge is 0.478 e. The minimum Gasteiger partial charge on any atom is -0.478 e. The van der Waals surface area contributed by atoms with Crippen LogP contribution < -0.4 is 0 Å². The first-order valence-corrected chi connectivity index (χ1v) is 9.01. The molecule has 0 spiro atoms. The third-order valence-corrected chi connectivity index (χ3v) is 6.97. The van der Waals surface area contributed by atoms with E-state index in [2.05, 4.69) is 0 Å². The maximum Gasteiger partial charge on any atom is 0.336 e. The molecule has 1 aromatic heterocycles. The molecule has 20 heavy (non-hydrogen) atoms. The van der Waals surface area contributed by atoms with E-state index in [0.717, 1.165) is 24.2 Å². The molecule has 0 bridgehead atoms. The number of aromatic carboxylic acids is 1. The molecule has 0 unspecified atom stereocenters. The minimum absolute atomic E-state index is 0.0274. The third-order valence-electron chi connectivity index (χ3n) is 3.73. The van der Waals surface area contributed by atoms with Crippen molar-refractivity contribution in [2.75, 3.05) is 13.6 Å². The molecule has 0 saturated heterocycles. The van der Waals surface area contributed by atoms with Crippen molar-refractivity contribution in [3.8, 4) is 0 Å². The fraction of sp³-hybridized carbons (Fsp3) is 0.615. The Bertz CT molecular complexity index is 573. The standard InChI is InChI=1S/C13H19NO4S2/c1-14(8-10-5-3-2-4-6-10)20(17,18)12-7-11(9-19-12)13(15)16/h7,9-10H,2-6,8H2,1H3,(H,15,16). The quantitative estimate of drug-likeness (QED) is 0.906. The molecule has 0 amide bonds. The zero-order valence-corrected chi connectivity index (χ0v) is 13.0. The monoisotopic (exact) mass is 317 g/mol. The molecule has 0 aliphatic heterocycles. The second-order valence-corrected chi connectivity index (χ2v) is 8.43. The molecule has 1 N–H and O–H groups in total. The fourth-order valence-corrected chi connectivity index (χ4v) is 5.16. The molecule has 1 aliphatic carbocycles. The molecule has 112 valence electrons. The van der Waals surface area contributed by atoms with Gasteiger partial charge < -0.3 is 5.11 Å². The summed E-state index contributed by atoms with van der Waals surface area (Å²) in [6.07, 6.45) is 5.72. The van der Waals surface area contributed by atoms with Crippen molar-refractivity contribution in [1.29, 1.82) is 0 Å². The number of hydrogen-bond acceptors (Lipinski definition) is 4. The summed E-state index contributed by atoms with van der Waals surface area (Å²) >= 11 is 0.965. The molecule has 1 aromatic rings. The van der Waals surface area contributed by atoms with E-state index in [1.165, 1.54) is 35.0 Å². The molecular formula is C13H19NO4S2. The molecular weight excluding hydrogens is 298 g/mol. The van der Waals surface area contributed by atoms with Crippen LogP contribution in [0.15, 0.2) is 15.7 Å². The fourth-order valence-electron chi connectivity index (χ4n) is 2.55. The molecule has 1 fully saturated rings. The number of carbonyl (C=O) groups is 1. The van der Waals surface area contributed by atoms with Crippen LogP contribution in [0.25, 0.3) is 0 Å². The van der Waals surface area contributed by atoms with Gasteiger partial charge in [0.05, 0.1) is 5.56 Å². The first-order chi connectivity index (χ1) is 9.41. The summed E-state index contributed by atoms with van der Waals surface area (Å²) in [7, 11) is -1.99. The molecule has 5 nitrogen and oxygen atoms in total. The van der Waals surface area contributed by atoms with Gasteiger partial charge in [-0.3, -0.25) is 0 Å². The summed E-state index contributed by atoms with van der Waals surface area (Å²) < 4.78 is 26.2. The Morgan fingerprint density at radius 3 is 2.60 bits per heavy atom. The Morgan fingerprint density at radius 2 is 2.05 bits per heavy atom. The maximum absolute atomic E-state index is 12.4. The van der Waals surface area contributed by atoms with Gasteiger partial charge in [0.15, 0.2) is 0 Å². The summed E-state index contributed by atoms with van der Waals surface area (Å²) in [5.41, 5.74) is 0.0274. The van der Waals surface area contributed by atoms with Crippen LogP contribution in [-0.4, -0.2) is 37.4 Å². The van der Waals surface area contributed by atoms with E-state index in [1.54, 1.807) is 7.05 Å². The van der Waals surface area contributed by atoms with E-state index in [1.807, 2.05) is 0 Å². The highest BCUT2D eigenvalue weighted by atomic mass is 32.2. The van der Waals surface area contributed by atoms with E-state index in [0.29, 0.717) is 12.5 Å². The van der Waals surface area contributed by atoms with Crippen molar-refractivity contribution in [1.82, 2.24) is 4.31 Å². The molecule has 1 saturated carbocycles. The van der Waals surface area contributed by atoms with Gasteiger partial charge in [0, 0.05) is 19.0 Å². The summed E-state index contributed by atoms with van der Waals surface area (Å²) in [5, 5.41) is 10.2. The highest BCUT2D eigenvalue weighted by Gasteiger charge is 2.26. The van der Waals surface area contributed by atoms with Gasteiger partial charge in [-0.2, -0.15) is 4.31 Å². The second-order valence-electron chi connectivity index (χ2n) is 5.25. The number of hydrogen-bond donors (Lipinski definition) is 1. The van der Waals surface area contributed by atoms with Gasteiger partial charge in [0.25, 0.3) is 10.0 Å². The summed E-state index contributed by atoms with van der Waals surface area (Å²) in [4.78, 5) is 10.8. The van der Waals surface area contributed by atoms with Crippen LogP contribution in [0, 0.1) is 5.92 Å². The van der Waals surface area contributed by atoms with Gasteiger partial charge in [-0.25, -0.2) is 13.2 Å². The highest BCUT2D eigenvalue weighted by molar-refractivity contribution is 7.91. The molecule has 0 aromatic carbocycles. The Balaban J connectivity index is 2.09. The topological polar surface area (TPSA) is 74.7 Å². The third kappa shape index (κ3) is 3.39. The van der Waals surface area contributed by atoms with Gasteiger partial charge in [0.2, 0.25) is 0 Å². The molecule has 2 rings (SSSR count). The van der Waals surface area contributed by atoms with E-state index in [-0.39, 0.29) is 9.77 Å². The lowest BCUT2D eigenvalue weighted by Crippen LogP contribution is -2.32. The van der Waals surface area contributed by atoms with Gasteiger partial charge in [0.1, 0.15) is 4.21 Å². The number of thiophene rings is 1. The molecule has 7 heteroatoms. The number of rotatable bonds is 5. The lowest BCUT2D eigenvalue weighted by atomic mass is 9.89. The number of carboxylic acid groups (broad SMARTS) is 1. The van der Waals surface area contributed by atoms with Gasteiger partial charge >= 0.3 is 5.97 Å². The zero-order chi connectivity index (χ0) is 14.8. The predicted octanol–water partition coefficient (Wildman–Crippen LogP) is 2.65. The van der Waals surface area contributed by atoms with Crippen LogP contribution in [0.3, 0.4) is 0 Å². The van der Waals surface area contributed by atoms with Crippen LogP contribution in [0.5, 0.6) is 0 Å². The van der Waals surface area contributed by atoms with Crippen molar-refractivity contribution in [3.63, 3.8) is 0 Å². The Hall–Kier alpha value is -0.920. The average Bonchev–Trinajstić information content (AvgIpc) is 2.90. The van der Waals surface area contributed by atoms with Gasteiger partial charge in [-0.05, 0) is 24.8 Å². The highest BCUT2D eigenvalue weighted by Crippen LogP contribution is 2.28. The van der Waals surface area contributed by atoms with Crippen LogP contribution in [0.4, 0.5) is 0 Å². The van der Waals surface area contributed by atoms with Gasteiger partial charge in [-0.1, -0.05) is 19.3 Å². The van der Waals surface area contributed by atoms with Crippen molar-refractivity contribution in [2.45, 2.75) is 36.3 Å². The average molecular weight is 317 g/mol. The van der Waals surface area contributed by atoms with E-state index < -0.39 is 16.0 Å². The normalized spacial score (nSPS) is 17.5. The van der Waals surface area contributed by atoms with Gasteiger partial charge in [-0.15, -0.1) is 11.3 Å². The molecule has 0 atom stereocenters. The number of nitrogens with zero attached hydrogens (tertiary/aromatic N) is 1. The Morgan fingerprint density at radius 1 is 1.40 bits per heavy atom. The zero-order valence-electron chi connectivity index (χ0n) is 11.4. The first kappa shape index (κ1) is 15.5. The minimum atomic E-state index is -3.56. The SMILES string of the molecule is CN(CC1CCCCC1)S(=O)(=O)c1cc(C(=O)O)cs1. The van der Waals surface area contributed by atoms with Crippen LogP contribution in [0.2, 0.25) is 0 Å². The summed E-state index contributed by atoms with van der Waals surface area (Å²) in [5.74, 6) is -0.680. The lowest BCUT2D eigenvalue weighted by molar-refractivity contribution is 0.0697. The molecule has 1 heterocycles.